The Morgan fingerprint density at radius 1 is 1.00 bits per heavy atom. The second-order valence-electron chi connectivity index (χ2n) is 5.36. The minimum atomic E-state index is -0.232. The third-order valence-corrected chi connectivity index (χ3v) is 3.53. The van der Waals surface area contributed by atoms with Gasteiger partial charge in [0.15, 0.2) is 5.96 Å². The molecule has 0 unspecified atom stereocenters. The van der Waals surface area contributed by atoms with Gasteiger partial charge in [0.1, 0.15) is 5.82 Å². The quantitative estimate of drug-likeness (QED) is 0.605. The van der Waals surface area contributed by atoms with E-state index in [-0.39, 0.29) is 5.82 Å². The lowest BCUT2D eigenvalue weighted by Gasteiger charge is -2.12. The normalized spacial score (nSPS) is 11.4. The minimum Gasteiger partial charge on any atom is -0.377 e. The number of halogens is 1. The van der Waals surface area contributed by atoms with Crippen LogP contribution in [0.1, 0.15) is 23.6 Å². The van der Waals surface area contributed by atoms with Crippen LogP contribution in [0, 0.1) is 5.82 Å². The summed E-state index contributed by atoms with van der Waals surface area (Å²) < 4.78 is 18.6. The molecule has 2 N–H and O–H groups in total. The van der Waals surface area contributed by atoms with Crippen molar-refractivity contribution in [3.05, 3.63) is 71.0 Å². The SMILES string of the molecule is CCOCc1ccc(CNC(=NC)NCc2cccc(F)c2)cc1. The highest BCUT2D eigenvalue weighted by Gasteiger charge is 2.01. The van der Waals surface area contributed by atoms with E-state index in [1.807, 2.05) is 13.0 Å². The fraction of sp³-hybridized carbons (Fsp3) is 0.316. The maximum Gasteiger partial charge on any atom is 0.191 e. The van der Waals surface area contributed by atoms with E-state index in [9.17, 15) is 4.39 Å². The van der Waals surface area contributed by atoms with Gasteiger partial charge in [-0.25, -0.2) is 4.39 Å². The second kappa shape index (κ2) is 9.67. The van der Waals surface area contributed by atoms with Crippen molar-refractivity contribution >= 4 is 5.96 Å². The van der Waals surface area contributed by atoms with Gasteiger partial charge >= 0.3 is 0 Å². The average Bonchev–Trinajstić information content (AvgIpc) is 2.61. The Morgan fingerprint density at radius 3 is 2.29 bits per heavy atom. The molecule has 0 spiro atoms. The van der Waals surface area contributed by atoms with Gasteiger partial charge in [0.2, 0.25) is 0 Å². The van der Waals surface area contributed by atoms with Crippen LogP contribution in [0.15, 0.2) is 53.5 Å². The van der Waals surface area contributed by atoms with Crippen LogP contribution in [0.2, 0.25) is 0 Å². The van der Waals surface area contributed by atoms with Crippen molar-refractivity contribution in [3.8, 4) is 0 Å². The first-order valence-corrected chi connectivity index (χ1v) is 8.05. The number of nitrogens with one attached hydrogen (secondary N) is 2. The Kier molecular flexibility index (Phi) is 7.23. The van der Waals surface area contributed by atoms with Crippen LogP contribution >= 0.6 is 0 Å². The molecule has 0 heterocycles. The Labute approximate surface area is 142 Å². The van der Waals surface area contributed by atoms with Crippen LogP contribution in [-0.2, 0) is 24.4 Å². The van der Waals surface area contributed by atoms with Crippen LogP contribution in [0.5, 0.6) is 0 Å². The van der Waals surface area contributed by atoms with Crippen molar-refractivity contribution in [1.29, 1.82) is 0 Å². The molecule has 24 heavy (non-hydrogen) atoms. The molecule has 2 aromatic carbocycles. The third kappa shape index (κ3) is 6.01. The summed E-state index contributed by atoms with van der Waals surface area (Å²) in [6, 6.07) is 14.8. The molecule has 0 saturated heterocycles. The van der Waals surface area contributed by atoms with E-state index in [4.69, 9.17) is 4.74 Å². The molecule has 0 radical (unpaired) electrons. The smallest absolute Gasteiger partial charge is 0.191 e. The maximum absolute atomic E-state index is 13.2. The van der Waals surface area contributed by atoms with E-state index in [1.165, 1.54) is 12.1 Å². The summed E-state index contributed by atoms with van der Waals surface area (Å²) in [6.45, 7) is 4.53. The number of ether oxygens (including phenoxy) is 1. The highest BCUT2D eigenvalue weighted by molar-refractivity contribution is 5.79. The molecule has 0 aliphatic rings. The number of nitrogens with zero attached hydrogens (tertiary/aromatic N) is 1. The van der Waals surface area contributed by atoms with E-state index in [0.29, 0.717) is 25.7 Å². The summed E-state index contributed by atoms with van der Waals surface area (Å²) in [4.78, 5) is 4.18. The van der Waals surface area contributed by atoms with Crippen molar-refractivity contribution in [1.82, 2.24) is 10.6 Å². The lowest BCUT2D eigenvalue weighted by molar-refractivity contribution is 0.134. The standard InChI is InChI=1S/C19H24FN3O/c1-3-24-14-16-9-7-15(8-10-16)12-22-19(21-2)23-13-17-5-4-6-18(20)11-17/h4-11H,3,12-14H2,1-2H3,(H2,21,22,23). The van der Waals surface area contributed by atoms with Gasteiger partial charge in [-0.1, -0.05) is 36.4 Å². The fourth-order valence-corrected chi connectivity index (χ4v) is 2.21. The van der Waals surface area contributed by atoms with Gasteiger partial charge in [-0.15, -0.1) is 0 Å². The van der Waals surface area contributed by atoms with Gasteiger partial charge in [-0.2, -0.15) is 0 Å². The molecule has 128 valence electrons. The Balaban J connectivity index is 1.80. The number of hydrogen-bond acceptors (Lipinski definition) is 2. The molecule has 0 aromatic heterocycles. The maximum atomic E-state index is 13.2. The first-order chi connectivity index (χ1) is 11.7. The second-order valence-corrected chi connectivity index (χ2v) is 5.36. The average molecular weight is 329 g/mol. The highest BCUT2D eigenvalue weighted by atomic mass is 19.1. The molecular weight excluding hydrogens is 305 g/mol. The lowest BCUT2D eigenvalue weighted by atomic mass is 10.1. The summed E-state index contributed by atoms with van der Waals surface area (Å²) in [6.07, 6.45) is 0. The molecule has 0 aliphatic carbocycles. The molecule has 0 aliphatic heterocycles. The largest absolute Gasteiger partial charge is 0.377 e. The molecule has 0 atom stereocenters. The summed E-state index contributed by atoms with van der Waals surface area (Å²) in [5.41, 5.74) is 3.19. The van der Waals surface area contributed by atoms with Gasteiger partial charge in [0.05, 0.1) is 6.61 Å². The van der Waals surface area contributed by atoms with Crippen LogP contribution in [0.3, 0.4) is 0 Å². The van der Waals surface area contributed by atoms with Gasteiger partial charge < -0.3 is 15.4 Å². The number of hydrogen-bond donors (Lipinski definition) is 2. The zero-order valence-electron chi connectivity index (χ0n) is 14.2. The predicted octanol–water partition coefficient (Wildman–Crippen LogP) is 3.23. The molecule has 0 amide bonds. The number of guanidine groups is 1. The van der Waals surface area contributed by atoms with Crippen LogP contribution in [0.4, 0.5) is 4.39 Å². The fourth-order valence-electron chi connectivity index (χ4n) is 2.21. The van der Waals surface area contributed by atoms with Crippen molar-refractivity contribution < 1.29 is 9.13 Å². The molecule has 0 saturated carbocycles. The molecule has 2 rings (SSSR count). The highest BCUT2D eigenvalue weighted by Crippen LogP contribution is 2.06. The number of rotatable bonds is 7. The zero-order chi connectivity index (χ0) is 17.2. The van der Waals surface area contributed by atoms with Crippen molar-refractivity contribution in [2.45, 2.75) is 26.6 Å². The first-order valence-electron chi connectivity index (χ1n) is 8.05. The summed E-state index contributed by atoms with van der Waals surface area (Å²) in [5, 5.41) is 6.42. The Bertz CT molecular complexity index is 656. The third-order valence-electron chi connectivity index (χ3n) is 3.53. The van der Waals surface area contributed by atoms with E-state index >= 15 is 0 Å². The molecule has 5 heteroatoms. The topological polar surface area (TPSA) is 45.6 Å². The molecule has 0 bridgehead atoms. The summed E-state index contributed by atoms with van der Waals surface area (Å²) >= 11 is 0. The van der Waals surface area contributed by atoms with Crippen LogP contribution in [-0.4, -0.2) is 19.6 Å². The van der Waals surface area contributed by atoms with Gasteiger partial charge in [-0.05, 0) is 35.7 Å². The van der Waals surface area contributed by atoms with Crippen LogP contribution in [0.25, 0.3) is 0 Å². The minimum absolute atomic E-state index is 0.232. The van der Waals surface area contributed by atoms with Crippen molar-refractivity contribution in [2.24, 2.45) is 4.99 Å². The Morgan fingerprint density at radius 2 is 1.67 bits per heavy atom. The number of benzene rings is 2. The van der Waals surface area contributed by atoms with E-state index in [2.05, 4.69) is 39.9 Å². The predicted molar refractivity (Wildman–Crippen MR) is 95.2 cm³/mol. The first kappa shape index (κ1) is 17.9. The summed E-state index contributed by atoms with van der Waals surface area (Å²) in [7, 11) is 1.71. The van der Waals surface area contributed by atoms with E-state index in [0.717, 1.165) is 23.3 Å². The lowest BCUT2D eigenvalue weighted by Crippen LogP contribution is -2.36. The van der Waals surface area contributed by atoms with Gasteiger partial charge in [-0.3, -0.25) is 4.99 Å². The molecule has 4 nitrogen and oxygen atoms in total. The van der Waals surface area contributed by atoms with E-state index < -0.39 is 0 Å². The molecular formula is C19H24FN3O. The molecule has 0 fully saturated rings. The van der Waals surface area contributed by atoms with Crippen molar-refractivity contribution in [3.63, 3.8) is 0 Å². The van der Waals surface area contributed by atoms with Gasteiger partial charge in [0.25, 0.3) is 0 Å². The Hall–Kier alpha value is -2.40. The van der Waals surface area contributed by atoms with Crippen LogP contribution < -0.4 is 10.6 Å². The molecule has 2 aromatic rings. The van der Waals surface area contributed by atoms with Gasteiger partial charge in [0, 0.05) is 26.7 Å². The zero-order valence-corrected chi connectivity index (χ0v) is 14.2. The van der Waals surface area contributed by atoms with Crippen molar-refractivity contribution in [2.75, 3.05) is 13.7 Å². The summed E-state index contributed by atoms with van der Waals surface area (Å²) in [5.74, 6) is 0.446. The number of aliphatic imine (C=N–C) groups is 1. The monoisotopic (exact) mass is 329 g/mol. The van der Waals surface area contributed by atoms with E-state index in [1.54, 1.807) is 13.1 Å².